The molecule has 0 spiro atoms. The summed E-state index contributed by atoms with van der Waals surface area (Å²) in [5.41, 5.74) is 0.445. The molecule has 21 heavy (non-hydrogen) atoms. The lowest BCUT2D eigenvalue weighted by molar-refractivity contribution is -0.147. The molecule has 2 aliphatic rings. The Hall–Kier alpha value is -1.19. The zero-order valence-electron chi connectivity index (χ0n) is 13.4. The first-order chi connectivity index (χ1) is 9.87. The van der Waals surface area contributed by atoms with Crippen molar-refractivity contribution in [3.63, 3.8) is 0 Å². The monoisotopic (exact) mass is 287 g/mol. The van der Waals surface area contributed by atoms with Crippen molar-refractivity contribution < 1.29 is 9.63 Å². The summed E-state index contributed by atoms with van der Waals surface area (Å²) in [6.45, 7) is 6.08. The number of hydrogen-bond acceptors (Lipinski definition) is 3. The van der Waals surface area contributed by atoms with Crippen molar-refractivity contribution in [2.75, 3.05) is 7.05 Å². The Labute approximate surface area is 127 Å². The predicted octanol–water partition coefficient (Wildman–Crippen LogP) is 3.76. The molecule has 0 bridgehead atoms. The van der Waals surface area contributed by atoms with Gasteiger partial charge >= 0.3 is 0 Å². The summed E-state index contributed by atoms with van der Waals surface area (Å²) in [5.74, 6) is 0.343. The van der Waals surface area contributed by atoms with Gasteiger partial charge in [-0.2, -0.15) is 5.06 Å². The zero-order valence-corrected chi connectivity index (χ0v) is 13.4. The van der Waals surface area contributed by atoms with E-state index in [-0.39, 0.29) is 17.6 Å². The number of ketones is 1. The molecule has 1 aliphatic carbocycles. The van der Waals surface area contributed by atoms with Gasteiger partial charge in [0.2, 0.25) is 0 Å². The van der Waals surface area contributed by atoms with Gasteiger partial charge in [-0.05, 0) is 24.8 Å². The minimum absolute atomic E-state index is 0.0259. The number of carbonyl (C=O) groups excluding carboxylic acids is 1. The Kier molecular flexibility index (Phi) is 3.45. The minimum Gasteiger partial charge on any atom is -0.298 e. The van der Waals surface area contributed by atoms with E-state index in [1.54, 1.807) is 0 Å². The van der Waals surface area contributed by atoms with Gasteiger partial charge in [0.15, 0.2) is 0 Å². The molecule has 1 saturated heterocycles. The first kappa shape index (κ1) is 14.7. The Morgan fingerprint density at radius 1 is 1.29 bits per heavy atom. The number of fused-ring (bicyclic) bond motifs is 1. The van der Waals surface area contributed by atoms with Gasteiger partial charge in [-0.15, -0.1) is 0 Å². The van der Waals surface area contributed by atoms with E-state index in [1.165, 1.54) is 5.56 Å². The third-order valence-electron chi connectivity index (χ3n) is 5.00. The van der Waals surface area contributed by atoms with E-state index in [0.717, 1.165) is 19.3 Å². The molecule has 1 saturated carbocycles. The summed E-state index contributed by atoms with van der Waals surface area (Å²) < 4.78 is 0. The van der Waals surface area contributed by atoms with Gasteiger partial charge in [0.05, 0.1) is 17.6 Å². The topological polar surface area (TPSA) is 29.5 Å². The molecule has 0 unspecified atom stereocenters. The molecule has 3 nitrogen and oxygen atoms in total. The van der Waals surface area contributed by atoms with E-state index in [1.807, 2.05) is 51.1 Å². The molecule has 3 heteroatoms. The van der Waals surface area contributed by atoms with Crippen LogP contribution in [0, 0.1) is 10.8 Å². The summed E-state index contributed by atoms with van der Waals surface area (Å²) in [6, 6.07) is 10.4. The minimum atomic E-state index is -0.394. The van der Waals surface area contributed by atoms with Crippen LogP contribution in [-0.4, -0.2) is 24.0 Å². The molecule has 1 aliphatic heterocycles. The highest BCUT2D eigenvalue weighted by atomic mass is 16.7. The van der Waals surface area contributed by atoms with Crippen molar-refractivity contribution in [2.45, 2.75) is 52.2 Å². The summed E-state index contributed by atoms with van der Waals surface area (Å²) >= 11 is 0. The molecule has 3 atom stereocenters. The molecule has 0 aromatic heterocycles. The largest absolute Gasteiger partial charge is 0.298 e. The van der Waals surface area contributed by atoms with Crippen LogP contribution in [0.4, 0.5) is 0 Å². The van der Waals surface area contributed by atoms with Crippen molar-refractivity contribution >= 4 is 5.78 Å². The fourth-order valence-corrected chi connectivity index (χ4v) is 4.27. The van der Waals surface area contributed by atoms with Gasteiger partial charge in [0.1, 0.15) is 5.78 Å². The lowest BCUT2D eigenvalue weighted by atomic mass is 9.65. The summed E-state index contributed by atoms with van der Waals surface area (Å²) in [6.07, 6.45) is 3.01. The van der Waals surface area contributed by atoms with Crippen LogP contribution in [0.5, 0.6) is 0 Å². The van der Waals surface area contributed by atoms with Crippen LogP contribution < -0.4 is 0 Å². The Morgan fingerprint density at radius 2 is 1.95 bits per heavy atom. The van der Waals surface area contributed by atoms with E-state index < -0.39 is 5.41 Å². The van der Waals surface area contributed by atoms with Crippen LogP contribution in [0.3, 0.4) is 0 Å². The third-order valence-corrected chi connectivity index (χ3v) is 5.00. The fraction of sp³-hybridized carbons (Fsp3) is 0.611. The normalized spacial score (nSPS) is 33.1. The molecule has 0 amide bonds. The van der Waals surface area contributed by atoms with Crippen LogP contribution in [0.15, 0.2) is 30.3 Å². The maximum Gasteiger partial charge on any atom is 0.149 e. The Balaban J connectivity index is 2.10. The number of rotatable bonds is 2. The van der Waals surface area contributed by atoms with Gasteiger partial charge in [-0.3, -0.25) is 9.63 Å². The van der Waals surface area contributed by atoms with Crippen LogP contribution in [-0.2, 0) is 9.63 Å². The molecule has 0 radical (unpaired) electrons. The standard InChI is InChI=1S/C18H25NO2/c1-17(2,3)16(20)18-12-8-11-14(18)21-19(4)15(18)13-9-6-5-7-10-13/h5-7,9-10,14-15H,8,11-12H2,1-4H3/t14-,15+,18+/m1/s1. The molecular formula is C18H25NO2. The lowest BCUT2D eigenvalue weighted by Gasteiger charge is -2.37. The van der Waals surface area contributed by atoms with Crippen LogP contribution in [0.25, 0.3) is 0 Å². The predicted molar refractivity (Wildman–Crippen MR) is 82.6 cm³/mol. The quantitative estimate of drug-likeness (QED) is 0.829. The molecule has 3 rings (SSSR count). The second-order valence-electron chi connectivity index (χ2n) is 7.47. The molecule has 1 aromatic rings. The van der Waals surface area contributed by atoms with Crippen molar-refractivity contribution in [3.05, 3.63) is 35.9 Å². The van der Waals surface area contributed by atoms with E-state index in [0.29, 0.717) is 5.78 Å². The van der Waals surface area contributed by atoms with Crippen LogP contribution >= 0.6 is 0 Å². The molecule has 1 aromatic carbocycles. The molecule has 2 fully saturated rings. The van der Waals surface area contributed by atoms with Crippen molar-refractivity contribution in [2.24, 2.45) is 10.8 Å². The van der Waals surface area contributed by atoms with E-state index >= 15 is 0 Å². The highest BCUT2D eigenvalue weighted by Crippen LogP contribution is 2.58. The van der Waals surface area contributed by atoms with Gasteiger partial charge in [-0.1, -0.05) is 51.1 Å². The Bertz CT molecular complexity index is 534. The maximum absolute atomic E-state index is 13.3. The maximum atomic E-state index is 13.3. The average molecular weight is 287 g/mol. The molecule has 0 N–H and O–H groups in total. The lowest BCUT2D eigenvalue weighted by Crippen LogP contribution is -2.46. The van der Waals surface area contributed by atoms with E-state index in [2.05, 4.69) is 12.1 Å². The molecule has 114 valence electrons. The summed E-state index contributed by atoms with van der Waals surface area (Å²) in [7, 11) is 1.97. The summed E-state index contributed by atoms with van der Waals surface area (Å²) in [5, 5.41) is 1.92. The van der Waals surface area contributed by atoms with Crippen LogP contribution in [0.2, 0.25) is 0 Å². The van der Waals surface area contributed by atoms with Crippen molar-refractivity contribution in [3.8, 4) is 0 Å². The highest BCUT2D eigenvalue weighted by Gasteiger charge is 2.63. The molecule has 1 heterocycles. The SMILES string of the molecule is CN1O[C@@H]2CCC[C@@]2(C(=O)C(C)(C)C)[C@@H]1c1ccccc1. The van der Waals surface area contributed by atoms with Gasteiger partial charge < -0.3 is 0 Å². The van der Waals surface area contributed by atoms with Crippen molar-refractivity contribution in [1.82, 2.24) is 5.06 Å². The number of hydrogen-bond donors (Lipinski definition) is 0. The third kappa shape index (κ3) is 2.14. The zero-order chi connectivity index (χ0) is 15.3. The van der Waals surface area contributed by atoms with Gasteiger partial charge in [-0.25, -0.2) is 0 Å². The number of hydroxylamine groups is 2. The smallest absolute Gasteiger partial charge is 0.149 e. The average Bonchev–Trinajstić information content (AvgIpc) is 2.93. The Morgan fingerprint density at radius 3 is 2.57 bits per heavy atom. The number of carbonyl (C=O) groups is 1. The van der Waals surface area contributed by atoms with Crippen molar-refractivity contribution in [1.29, 1.82) is 0 Å². The number of benzene rings is 1. The highest BCUT2D eigenvalue weighted by molar-refractivity contribution is 5.91. The first-order valence-electron chi connectivity index (χ1n) is 7.87. The van der Waals surface area contributed by atoms with E-state index in [4.69, 9.17) is 4.84 Å². The summed E-state index contributed by atoms with van der Waals surface area (Å²) in [4.78, 5) is 19.4. The number of Topliss-reactive ketones (excluding diaryl/α,β-unsaturated/α-hetero) is 1. The van der Waals surface area contributed by atoms with Gasteiger partial charge in [0, 0.05) is 12.5 Å². The molecular weight excluding hydrogens is 262 g/mol. The first-order valence-corrected chi connectivity index (χ1v) is 7.87. The van der Waals surface area contributed by atoms with Gasteiger partial charge in [0.25, 0.3) is 0 Å². The van der Waals surface area contributed by atoms with Crippen LogP contribution in [0.1, 0.15) is 51.6 Å². The van der Waals surface area contributed by atoms with E-state index in [9.17, 15) is 4.79 Å². The second-order valence-corrected chi connectivity index (χ2v) is 7.47. The second kappa shape index (κ2) is 4.92. The fourth-order valence-electron chi connectivity index (χ4n) is 4.27. The number of nitrogens with zero attached hydrogens (tertiary/aromatic N) is 1.